The van der Waals surface area contributed by atoms with Crippen LogP contribution in [-0.2, 0) is 6.54 Å². The molecule has 1 fully saturated rings. The zero-order chi connectivity index (χ0) is 17.9. The summed E-state index contributed by atoms with van der Waals surface area (Å²) in [6, 6.07) is 16.4. The lowest BCUT2D eigenvalue weighted by atomic mass is 10.2. The van der Waals surface area contributed by atoms with Gasteiger partial charge in [-0.25, -0.2) is 4.98 Å². The zero-order valence-electron chi connectivity index (χ0n) is 14.9. The number of benzene rings is 2. The summed E-state index contributed by atoms with van der Waals surface area (Å²) in [4.78, 5) is 9.27. The van der Waals surface area contributed by atoms with Crippen molar-refractivity contribution in [2.45, 2.75) is 13.5 Å². The Balaban J connectivity index is 1.36. The van der Waals surface area contributed by atoms with E-state index in [1.54, 1.807) is 6.20 Å². The van der Waals surface area contributed by atoms with Crippen LogP contribution >= 0.6 is 11.6 Å². The molecule has 0 spiro atoms. The highest BCUT2D eigenvalue weighted by Gasteiger charge is 2.19. The highest BCUT2D eigenvalue weighted by molar-refractivity contribution is 6.30. The smallest absolute Gasteiger partial charge is 0.209 e. The summed E-state index contributed by atoms with van der Waals surface area (Å²) in [5.74, 6) is 1.52. The summed E-state index contributed by atoms with van der Waals surface area (Å²) in [7, 11) is 0. The van der Waals surface area contributed by atoms with Crippen molar-refractivity contribution in [1.29, 1.82) is 0 Å². The molecule has 1 aliphatic rings. The lowest BCUT2D eigenvalue weighted by molar-refractivity contribution is 0.227. The Morgan fingerprint density at radius 3 is 2.62 bits per heavy atom. The number of hydrogen-bond donors (Lipinski definition) is 0. The average Bonchev–Trinajstić information content (AvgIpc) is 3.11. The van der Waals surface area contributed by atoms with Crippen molar-refractivity contribution in [3.63, 3.8) is 0 Å². The van der Waals surface area contributed by atoms with Crippen LogP contribution in [0.1, 0.15) is 11.5 Å². The molecule has 134 valence electrons. The fourth-order valence-corrected chi connectivity index (χ4v) is 3.53. The normalized spacial score (nSPS) is 15.4. The second-order valence-corrected chi connectivity index (χ2v) is 7.17. The molecule has 0 atom stereocenters. The molecule has 0 bridgehead atoms. The average molecular weight is 368 g/mol. The predicted molar refractivity (Wildman–Crippen MR) is 106 cm³/mol. The highest BCUT2D eigenvalue weighted by Crippen LogP contribution is 2.24. The topological polar surface area (TPSA) is 32.5 Å². The summed E-state index contributed by atoms with van der Waals surface area (Å²) in [5.41, 5.74) is 3.57. The van der Waals surface area contributed by atoms with Crippen molar-refractivity contribution in [1.82, 2.24) is 9.88 Å². The molecule has 26 heavy (non-hydrogen) atoms. The molecule has 2 heterocycles. The molecule has 2 aromatic carbocycles. The van der Waals surface area contributed by atoms with Gasteiger partial charge in [-0.1, -0.05) is 35.9 Å². The van der Waals surface area contributed by atoms with E-state index < -0.39 is 0 Å². The van der Waals surface area contributed by atoms with Crippen LogP contribution in [0.3, 0.4) is 0 Å². The number of halogens is 1. The third kappa shape index (κ3) is 3.92. The van der Waals surface area contributed by atoms with Crippen LogP contribution in [0.2, 0.25) is 5.02 Å². The molecule has 0 amide bonds. The summed E-state index contributed by atoms with van der Waals surface area (Å²) < 4.78 is 5.93. The lowest BCUT2D eigenvalue weighted by Gasteiger charge is -2.35. The first-order valence-electron chi connectivity index (χ1n) is 8.92. The first-order valence-corrected chi connectivity index (χ1v) is 9.30. The van der Waals surface area contributed by atoms with Crippen molar-refractivity contribution in [3.05, 3.63) is 71.2 Å². The molecular formula is C21H22ClN3O. The second-order valence-electron chi connectivity index (χ2n) is 6.73. The molecule has 5 heteroatoms. The molecule has 0 radical (unpaired) electrons. The maximum atomic E-state index is 6.06. The van der Waals surface area contributed by atoms with Crippen LogP contribution in [0.5, 0.6) is 0 Å². The first kappa shape index (κ1) is 17.1. The second kappa shape index (κ2) is 7.52. The fourth-order valence-electron chi connectivity index (χ4n) is 3.34. The van der Waals surface area contributed by atoms with E-state index in [0.717, 1.165) is 49.9 Å². The summed E-state index contributed by atoms with van der Waals surface area (Å²) in [5, 5.41) is 0.702. The molecular weight excluding hydrogens is 346 g/mol. The van der Waals surface area contributed by atoms with Crippen LogP contribution in [-0.4, -0.2) is 36.1 Å². The van der Waals surface area contributed by atoms with Crippen LogP contribution in [0.15, 0.2) is 59.1 Å². The SMILES string of the molecule is Cc1cccc(N2CCN(Cc3ncc(-c4cccc(Cl)c4)o3)CC2)c1. The minimum atomic E-state index is 0.702. The Kier molecular flexibility index (Phi) is 4.96. The Morgan fingerprint density at radius 1 is 1.04 bits per heavy atom. The van der Waals surface area contributed by atoms with Gasteiger partial charge in [0.2, 0.25) is 5.89 Å². The number of aryl methyl sites for hydroxylation is 1. The van der Waals surface area contributed by atoms with Gasteiger partial charge in [-0.3, -0.25) is 4.90 Å². The van der Waals surface area contributed by atoms with E-state index in [1.165, 1.54) is 11.3 Å². The van der Waals surface area contributed by atoms with E-state index in [9.17, 15) is 0 Å². The van der Waals surface area contributed by atoms with Gasteiger partial charge in [-0.15, -0.1) is 0 Å². The van der Waals surface area contributed by atoms with Crippen molar-refractivity contribution in [2.75, 3.05) is 31.1 Å². The Labute approximate surface area is 159 Å². The van der Waals surface area contributed by atoms with Crippen molar-refractivity contribution >= 4 is 17.3 Å². The molecule has 1 aromatic heterocycles. The molecule has 4 nitrogen and oxygen atoms in total. The number of oxazole rings is 1. The molecule has 0 aliphatic carbocycles. The molecule has 0 N–H and O–H groups in total. The van der Waals surface area contributed by atoms with E-state index in [0.29, 0.717) is 5.02 Å². The van der Waals surface area contributed by atoms with Gasteiger partial charge in [0.25, 0.3) is 0 Å². The summed E-state index contributed by atoms with van der Waals surface area (Å²) >= 11 is 6.06. The standard InChI is InChI=1S/C21H22ClN3O/c1-16-4-2-7-19(12-16)25-10-8-24(9-11-25)15-21-23-14-20(26-21)17-5-3-6-18(22)13-17/h2-7,12-14H,8-11,15H2,1H3. The van der Waals surface area contributed by atoms with E-state index in [2.05, 4.69) is 46.0 Å². The summed E-state index contributed by atoms with van der Waals surface area (Å²) in [6.07, 6.45) is 1.78. The molecule has 1 aliphatic heterocycles. The minimum absolute atomic E-state index is 0.702. The number of piperazine rings is 1. The number of anilines is 1. The third-order valence-electron chi connectivity index (χ3n) is 4.76. The van der Waals surface area contributed by atoms with E-state index in [-0.39, 0.29) is 0 Å². The largest absolute Gasteiger partial charge is 0.439 e. The van der Waals surface area contributed by atoms with E-state index >= 15 is 0 Å². The molecule has 3 aromatic rings. The Morgan fingerprint density at radius 2 is 1.85 bits per heavy atom. The van der Waals surface area contributed by atoms with Crippen LogP contribution in [0.4, 0.5) is 5.69 Å². The molecule has 0 unspecified atom stereocenters. The van der Waals surface area contributed by atoms with Gasteiger partial charge in [0.15, 0.2) is 5.76 Å². The van der Waals surface area contributed by atoms with Gasteiger partial charge < -0.3 is 9.32 Å². The Hall–Kier alpha value is -2.30. The maximum absolute atomic E-state index is 6.06. The maximum Gasteiger partial charge on any atom is 0.209 e. The quantitative estimate of drug-likeness (QED) is 0.673. The van der Waals surface area contributed by atoms with E-state index in [1.807, 2.05) is 24.3 Å². The molecule has 4 rings (SSSR count). The number of nitrogens with zero attached hydrogens (tertiary/aromatic N) is 3. The van der Waals surface area contributed by atoms with Gasteiger partial charge in [0.1, 0.15) is 0 Å². The fraction of sp³-hybridized carbons (Fsp3) is 0.286. The van der Waals surface area contributed by atoms with Crippen molar-refractivity contribution < 1.29 is 4.42 Å². The van der Waals surface area contributed by atoms with E-state index in [4.69, 9.17) is 16.0 Å². The first-order chi connectivity index (χ1) is 12.7. The molecule has 0 saturated carbocycles. The van der Waals surface area contributed by atoms with Gasteiger partial charge in [-0.05, 0) is 36.8 Å². The van der Waals surface area contributed by atoms with Crippen LogP contribution in [0.25, 0.3) is 11.3 Å². The zero-order valence-corrected chi connectivity index (χ0v) is 15.6. The summed E-state index contributed by atoms with van der Waals surface area (Å²) in [6.45, 7) is 6.92. The van der Waals surface area contributed by atoms with Gasteiger partial charge in [-0.2, -0.15) is 0 Å². The molecule has 1 saturated heterocycles. The predicted octanol–water partition coefficient (Wildman–Crippen LogP) is 4.63. The van der Waals surface area contributed by atoms with Crippen LogP contribution in [0, 0.1) is 6.92 Å². The van der Waals surface area contributed by atoms with Gasteiger partial charge in [0, 0.05) is 42.5 Å². The van der Waals surface area contributed by atoms with Gasteiger partial charge in [0.05, 0.1) is 12.7 Å². The Bertz CT molecular complexity index is 884. The highest BCUT2D eigenvalue weighted by atomic mass is 35.5. The van der Waals surface area contributed by atoms with Crippen LogP contribution < -0.4 is 4.90 Å². The lowest BCUT2D eigenvalue weighted by Crippen LogP contribution is -2.46. The van der Waals surface area contributed by atoms with Gasteiger partial charge >= 0.3 is 0 Å². The number of hydrogen-bond acceptors (Lipinski definition) is 4. The third-order valence-corrected chi connectivity index (χ3v) is 5.00. The monoisotopic (exact) mass is 367 g/mol. The van der Waals surface area contributed by atoms with Crippen molar-refractivity contribution in [2.24, 2.45) is 0 Å². The number of aromatic nitrogens is 1. The van der Waals surface area contributed by atoms with Crippen molar-refractivity contribution in [3.8, 4) is 11.3 Å². The number of rotatable bonds is 4. The minimum Gasteiger partial charge on any atom is -0.439 e.